The van der Waals surface area contributed by atoms with E-state index < -0.39 is 0 Å². The highest BCUT2D eigenvalue weighted by molar-refractivity contribution is 7.10. The maximum atomic E-state index is 6.61. The number of aromatic nitrogens is 1. The summed E-state index contributed by atoms with van der Waals surface area (Å²) >= 11 is 1.67. The first-order valence-electron chi connectivity index (χ1n) is 7.42. The minimum absolute atomic E-state index is 0.226. The zero-order chi connectivity index (χ0) is 14.2. The minimum atomic E-state index is -0.226. The molecule has 0 atom stereocenters. The van der Waals surface area contributed by atoms with Gasteiger partial charge in [-0.25, -0.2) is 4.98 Å². The molecule has 0 bridgehead atoms. The van der Waals surface area contributed by atoms with Crippen LogP contribution in [0.5, 0.6) is 0 Å². The van der Waals surface area contributed by atoms with E-state index in [0.29, 0.717) is 0 Å². The number of furan rings is 1. The van der Waals surface area contributed by atoms with Gasteiger partial charge in [0.25, 0.3) is 0 Å². The maximum Gasteiger partial charge on any atom is 0.153 e. The van der Waals surface area contributed by atoms with E-state index in [-0.39, 0.29) is 5.54 Å². The lowest BCUT2D eigenvalue weighted by Gasteiger charge is -2.35. The van der Waals surface area contributed by atoms with Crippen LogP contribution in [0.1, 0.15) is 49.8 Å². The Balaban J connectivity index is 1.80. The molecule has 4 heteroatoms. The molecule has 0 unspecified atom stereocenters. The molecule has 0 spiro atoms. The van der Waals surface area contributed by atoms with Gasteiger partial charge in [-0.05, 0) is 50.7 Å². The lowest BCUT2D eigenvalue weighted by Crippen LogP contribution is -2.40. The lowest BCUT2D eigenvalue weighted by atomic mass is 9.76. The average molecular weight is 290 g/mol. The standard InChI is InChI=1S/C16H22N2OS/c1-3-12-6-8-16(17,9-7-12)15-18-13(10-20-15)14-5-4-11(2)19-14/h4-5,10,12H,3,6-9,17H2,1-2H3. The van der Waals surface area contributed by atoms with Crippen molar-refractivity contribution in [3.05, 3.63) is 28.3 Å². The van der Waals surface area contributed by atoms with Gasteiger partial charge in [-0.3, -0.25) is 0 Å². The molecule has 1 fully saturated rings. The van der Waals surface area contributed by atoms with Crippen molar-refractivity contribution in [3.63, 3.8) is 0 Å². The second-order valence-electron chi connectivity index (χ2n) is 5.96. The van der Waals surface area contributed by atoms with E-state index >= 15 is 0 Å². The first kappa shape index (κ1) is 13.8. The molecule has 108 valence electrons. The minimum Gasteiger partial charge on any atom is -0.460 e. The van der Waals surface area contributed by atoms with Crippen LogP contribution in [0.4, 0.5) is 0 Å². The monoisotopic (exact) mass is 290 g/mol. The van der Waals surface area contributed by atoms with Crippen LogP contribution in [0, 0.1) is 12.8 Å². The van der Waals surface area contributed by atoms with Crippen LogP contribution in [0.25, 0.3) is 11.5 Å². The van der Waals surface area contributed by atoms with E-state index in [9.17, 15) is 0 Å². The summed E-state index contributed by atoms with van der Waals surface area (Å²) in [6, 6.07) is 3.95. The number of nitrogens with two attached hydrogens (primary N) is 1. The van der Waals surface area contributed by atoms with Crippen molar-refractivity contribution in [2.24, 2.45) is 11.7 Å². The summed E-state index contributed by atoms with van der Waals surface area (Å²) in [5, 5.41) is 3.13. The molecule has 0 aliphatic heterocycles. The fourth-order valence-electron chi connectivity index (χ4n) is 3.00. The third-order valence-electron chi connectivity index (χ3n) is 4.50. The molecule has 1 aliphatic carbocycles. The van der Waals surface area contributed by atoms with Gasteiger partial charge in [0.1, 0.15) is 16.5 Å². The summed E-state index contributed by atoms with van der Waals surface area (Å²) in [6.45, 7) is 4.22. The van der Waals surface area contributed by atoms with E-state index in [1.54, 1.807) is 11.3 Å². The number of hydrogen-bond acceptors (Lipinski definition) is 4. The molecule has 3 rings (SSSR count). The van der Waals surface area contributed by atoms with Gasteiger partial charge in [0.2, 0.25) is 0 Å². The molecule has 0 aromatic carbocycles. The molecule has 0 radical (unpaired) electrons. The molecule has 0 saturated heterocycles. The van der Waals surface area contributed by atoms with Crippen LogP contribution < -0.4 is 5.73 Å². The molecule has 2 N–H and O–H groups in total. The summed E-state index contributed by atoms with van der Waals surface area (Å²) in [5.74, 6) is 2.61. The van der Waals surface area contributed by atoms with E-state index in [2.05, 4.69) is 12.3 Å². The zero-order valence-corrected chi connectivity index (χ0v) is 13.0. The fourth-order valence-corrected chi connectivity index (χ4v) is 3.98. The molecule has 1 saturated carbocycles. The number of aryl methyl sites for hydroxylation is 1. The third-order valence-corrected chi connectivity index (χ3v) is 5.56. The van der Waals surface area contributed by atoms with E-state index in [1.165, 1.54) is 19.3 Å². The van der Waals surface area contributed by atoms with Crippen molar-refractivity contribution in [3.8, 4) is 11.5 Å². The van der Waals surface area contributed by atoms with Gasteiger partial charge in [0.15, 0.2) is 5.76 Å². The number of thiazole rings is 1. The van der Waals surface area contributed by atoms with Gasteiger partial charge >= 0.3 is 0 Å². The third kappa shape index (κ3) is 2.54. The quantitative estimate of drug-likeness (QED) is 0.907. The Labute approximate surface area is 124 Å². The zero-order valence-electron chi connectivity index (χ0n) is 12.2. The lowest BCUT2D eigenvalue weighted by molar-refractivity contribution is 0.231. The van der Waals surface area contributed by atoms with Crippen LogP contribution in [0.3, 0.4) is 0 Å². The Morgan fingerprint density at radius 2 is 2.15 bits per heavy atom. The Morgan fingerprint density at radius 3 is 2.75 bits per heavy atom. The molecule has 20 heavy (non-hydrogen) atoms. The van der Waals surface area contributed by atoms with Crippen LogP contribution in [0.2, 0.25) is 0 Å². The highest BCUT2D eigenvalue weighted by Gasteiger charge is 2.35. The van der Waals surface area contributed by atoms with Crippen molar-refractivity contribution in [1.29, 1.82) is 0 Å². The molecule has 2 heterocycles. The molecule has 2 aromatic rings. The van der Waals surface area contributed by atoms with Crippen molar-refractivity contribution >= 4 is 11.3 Å². The van der Waals surface area contributed by atoms with Crippen molar-refractivity contribution in [2.45, 2.75) is 51.5 Å². The van der Waals surface area contributed by atoms with E-state index in [4.69, 9.17) is 15.1 Å². The predicted octanol–water partition coefficient (Wildman–Crippen LogP) is 4.47. The van der Waals surface area contributed by atoms with Gasteiger partial charge in [0, 0.05) is 5.38 Å². The molecule has 0 amide bonds. The number of nitrogens with zero attached hydrogens (tertiary/aromatic N) is 1. The maximum absolute atomic E-state index is 6.61. The van der Waals surface area contributed by atoms with E-state index in [0.717, 1.165) is 41.0 Å². The summed E-state index contributed by atoms with van der Waals surface area (Å²) < 4.78 is 5.64. The predicted molar refractivity (Wildman–Crippen MR) is 82.7 cm³/mol. The van der Waals surface area contributed by atoms with Crippen molar-refractivity contribution in [2.75, 3.05) is 0 Å². The van der Waals surface area contributed by atoms with Gasteiger partial charge in [-0.15, -0.1) is 11.3 Å². The Hall–Kier alpha value is -1.13. The van der Waals surface area contributed by atoms with Crippen LogP contribution in [-0.2, 0) is 5.54 Å². The van der Waals surface area contributed by atoms with Gasteiger partial charge in [0.05, 0.1) is 5.54 Å². The summed E-state index contributed by atoms with van der Waals surface area (Å²) in [7, 11) is 0. The second kappa shape index (κ2) is 5.34. The first-order valence-corrected chi connectivity index (χ1v) is 8.30. The molecular weight excluding hydrogens is 268 g/mol. The number of rotatable bonds is 3. The van der Waals surface area contributed by atoms with Crippen LogP contribution >= 0.6 is 11.3 Å². The Kier molecular flexibility index (Phi) is 3.69. The number of hydrogen-bond donors (Lipinski definition) is 1. The van der Waals surface area contributed by atoms with Gasteiger partial charge in [-0.1, -0.05) is 13.3 Å². The van der Waals surface area contributed by atoms with E-state index in [1.807, 2.05) is 19.1 Å². The van der Waals surface area contributed by atoms with Crippen molar-refractivity contribution < 1.29 is 4.42 Å². The SMILES string of the molecule is CCC1CCC(N)(c2nc(-c3ccc(C)o3)cs2)CC1. The molecule has 2 aromatic heterocycles. The normalized spacial score (nSPS) is 26.9. The molecule has 3 nitrogen and oxygen atoms in total. The summed E-state index contributed by atoms with van der Waals surface area (Å²) in [5.41, 5.74) is 7.30. The average Bonchev–Trinajstić information content (AvgIpc) is 3.08. The van der Waals surface area contributed by atoms with Gasteiger partial charge < -0.3 is 10.2 Å². The topological polar surface area (TPSA) is 52.0 Å². The van der Waals surface area contributed by atoms with Gasteiger partial charge in [-0.2, -0.15) is 0 Å². The Morgan fingerprint density at radius 1 is 1.40 bits per heavy atom. The smallest absolute Gasteiger partial charge is 0.153 e. The Bertz CT molecular complexity index is 579. The highest BCUT2D eigenvalue weighted by atomic mass is 32.1. The summed E-state index contributed by atoms with van der Waals surface area (Å²) in [6.07, 6.45) is 5.82. The highest BCUT2D eigenvalue weighted by Crippen LogP contribution is 2.40. The summed E-state index contributed by atoms with van der Waals surface area (Å²) in [4.78, 5) is 4.74. The van der Waals surface area contributed by atoms with Crippen molar-refractivity contribution in [1.82, 2.24) is 4.98 Å². The largest absolute Gasteiger partial charge is 0.460 e. The fraction of sp³-hybridized carbons (Fsp3) is 0.562. The molecule has 1 aliphatic rings. The first-order chi connectivity index (χ1) is 9.60. The van der Waals surface area contributed by atoms with Crippen LogP contribution in [-0.4, -0.2) is 4.98 Å². The second-order valence-corrected chi connectivity index (χ2v) is 6.81. The van der Waals surface area contributed by atoms with Crippen LogP contribution in [0.15, 0.2) is 21.9 Å². The molecular formula is C16H22N2OS.